The first-order chi connectivity index (χ1) is 19.8. The van der Waals surface area contributed by atoms with E-state index in [-0.39, 0.29) is 0 Å². The van der Waals surface area contributed by atoms with Crippen LogP contribution in [0.3, 0.4) is 0 Å². The smallest absolute Gasteiger partial charge is 0.143 e. The molecule has 0 spiro atoms. The van der Waals surface area contributed by atoms with Gasteiger partial charge in [-0.3, -0.25) is 0 Å². The highest BCUT2D eigenvalue weighted by atomic mass is 16.3. The molecule has 0 radical (unpaired) electrons. The van der Waals surface area contributed by atoms with Gasteiger partial charge in [0.15, 0.2) is 0 Å². The van der Waals surface area contributed by atoms with Gasteiger partial charge >= 0.3 is 0 Å². The lowest BCUT2D eigenvalue weighted by Crippen LogP contribution is -1.89. The second-order valence-corrected chi connectivity index (χ2v) is 10.4. The van der Waals surface area contributed by atoms with Crippen molar-refractivity contribution in [3.05, 3.63) is 133 Å². The van der Waals surface area contributed by atoms with Crippen LogP contribution in [0.1, 0.15) is 0 Å². The van der Waals surface area contributed by atoms with Gasteiger partial charge in [-0.2, -0.15) is 0 Å². The third-order valence-corrected chi connectivity index (χ3v) is 8.27. The van der Waals surface area contributed by atoms with E-state index in [1.54, 1.807) is 0 Å². The molecule has 0 fully saturated rings. The molecule has 0 aliphatic heterocycles. The van der Waals surface area contributed by atoms with Gasteiger partial charge in [-0.15, -0.1) is 0 Å². The van der Waals surface area contributed by atoms with Gasteiger partial charge < -0.3 is 8.83 Å². The van der Waals surface area contributed by atoms with Crippen LogP contribution in [0, 0.1) is 0 Å². The number of hydrogen-bond acceptors (Lipinski definition) is 2. The largest absolute Gasteiger partial charge is 0.455 e. The Hall–Kier alpha value is -5.34. The number of para-hydroxylation sites is 4. The molecule has 0 aliphatic carbocycles. The van der Waals surface area contributed by atoms with E-state index in [0.29, 0.717) is 0 Å². The molecule has 2 heterocycles. The molecule has 186 valence electrons. The van der Waals surface area contributed by atoms with Gasteiger partial charge in [0.05, 0.1) is 0 Å². The summed E-state index contributed by atoms with van der Waals surface area (Å²) in [6.45, 7) is 0. The Labute approximate surface area is 229 Å². The summed E-state index contributed by atoms with van der Waals surface area (Å²) in [6.07, 6.45) is 0. The van der Waals surface area contributed by atoms with Gasteiger partial charge in [0.2, 0.25) is 0 Å². The normalized spacial score (nSPS) is 12.0. The molecule has 0 N–H and O–H groups in total. The Balaban J connectivity index is 1.42. The second-order valence-electron chi connectivity index (χ2n) is 10.4. The van der Waals surface area contributed by atoms with Crippen molar-refractivity contribution in [3.63, 3.8) is 0 Å². The van der Waals surface area contributed by atoms with Gasteiger partial charge in [-0.25, -0.2) is 0 Å². The first-order valence-corrected chi connectivity index (χ1v) is 13.6. The van der Waals surface area contributed by atoms with Crippen LogP contribution in [0.2, 0.25) is 0 Å². The van der Waals surface area contributed by atoms with Crippen molar-refractivity contribution in [2.75, 3.05) is 0 Å². The summed E-state index contributed by atoms with van der Waals surface area (Å²) >= 11 is 0. The average molecular weight is 511 g/mol. The Bertz CT molecular complexity index is 2440. The van der Waals surface area contributed by atoms with E-state index in [9.17, 15) is 0 Å². The summed E-state index contributed by atoms with van der Waals surface area (Å²) in [4.78, 5) is 0. The summed E-state index contributed by atoms with van der Waals surface area (Å²) in [6, 6.07) is 47.1. The van der Waals surface area contributed by atoms with Gasteiger partial charge in [-0.1, -0.05) is 115 Å². The van der Waals surface area contributed by atoms with Crippen molar-refractivity contribution in [1.29, 1.82) is 0 Å². The average Bonchev–Trinajstić information content (AvgIpc) is 3.58. The summed E-state index contributed by atoms with van der Waals surface area (Å²) in [5.41, 5.74) is 8.22. The van der Waals surface area contributed by atoms with Crippen molar-refractivity contribution in [2.24, 2.45) is 0 Å². The predicted octanol–water partition coefficient (Wildman–Crippen LogP) is 11.1. The van der Waals surface area contributed by atoms with Crippen LogP contribution < -0.4 is 0 Å². The fourth-order valence-corrected chi connectivity index (χ4v) is 6.52. The molecule has 9 rings (SSSR count). The zero-order chi connectivity index (χ0) is 26.2. The van der Waals surface area contributed by atoms with Crippen LogP contribution >= 0.6 is 0 Å². The lowest BCUT2D eigenvalue weighted by atomic mass is 9.88. The topological polar surface area (TPSA) is 26.3 Å². The maximum atomic E-state index is 6.53. The van der Waals surface area contributed by atoms with Gasteiger partial charge in [0, 0.05) is 38.2 Å². The van der Waals surface area contributed by atoms with Gasteiger partial charge in [0.1, 0.15) is 22.3 Å². The molecule has 0 bridgehead atoms. The molecule has 0 atom stereocenters. The Kier molecular flexibility index (Phi) is 4.36. The first-order valence-electron chi connectivity index (χ1n) is 13.6. The third-order valence-electron chi connectivity index (χ3n) is 8.27. The minimum absolute atomic E-state index is 0.909. The van der Waals surface area contributed by atoms with Crippen LogP contribution in [0.15, 0.2) is 142 Å². The highest BCUT2D eigenvalue weighted by molar-refractivity contribution is 6.21. The van der Waals surface area contributed by atoms with E-state index < -0.39 is 0 Å². The third kappa shape index (κ3) is 2.93. The molecule has 2 aromatic heterocycles. The van der Waals surface area contributed by atoms with Crippen molar-refractivity contribution in [2.45, 2.75) is 0 Å². The highest BCUT2D eigenvalue weighted by Gasteiger charge is 2.19. The lowest BCUT2D eigenvalue weighted by Gasteiger charge is -2.15. The number of furan rings is 2. The van der Waals surface area contributed by atoms with Crippen molar-refractivity contribution in [3.8, 4) is 22.3 Å². The highest BCUT2D eigenvalue weighted by Crippen LogP contribution is 2.45. The molecule has 0 saturated heterocycles. The van der Waals surface area contributed by atoms with Gasteiger partial charge in [0.25, 0.3) is 0 Å². The molecule has 0 amide bonds. The summed E-state index contributed by atoms with van der Waals surface area (Å²) in [7, 11) is 0. The van der Waals surface area contributed by atoms with E-state index in [1.807, 2.05) is 24.3 Å². The number of benzene rings is 7. The van der Waals surface area contributed by atoms with E-state index in [4.69, 9.17) is 8.83 Å². The zero-order valence-electron chi connectivity index (χ0n) is 21.5. The molecular weight excluding hydrogens is 488 g/mol. The van der Waals surface area contributed by atoms with Crippen LogP contribution in [0.5, 0.6) is 0 Å². The lowest BCUT2D eigenvalue weighted by molar-refractivity contribution is 0.669. The number of fused-ring (bicyclic) bond motifs is 8. The fourth-order valence-electron chi connectivity index (χ4n) is 6.52. The van der Waals surface area contributed by atoms with Crippen LogP contribution in [-0.2, 0) is 0 Å². The molecular formula is C38H22O2. The van der Waals surface area contributed by atoms with Crippen LogP contribution in [-0.4, -0.2) is 0 Å². The van der Waals surface area contributed by atoms with Crippen molar-refractivity contribution in [1.82, 2.24) is 0 Å². The summed E-state index contributed by atoms with van der Waals surface area (Å²) < 4.78 is 13.0. The molecule has 7 aromatic carbocycles. The van der Waals surface area contributed by atoms with Crippen LogP contribution in [0.4, 0.5) is 0 Å². The van der Waals surface area contributed by atoms with Crippen molar-refractivity contribution < 1.29 is 8.83 Å². The molecule has 9 aromatic rings. The number of rotatable bonds is 2. The number of hydrogen-bond donors (Lipinski definition) is 0. The maximum absolute atomic E-state index is 6.53. The zero-order valence-corrected chi connectivity index (χ0v) is 21.5. The predicted molar refractivity (Wildman–Crippen MR) is 167 cm³/mol. The van der Waals surface area contributed by atoms with E-state index in [0.717, 1.165) is 60.6 Å². The molecule has 0 aliphatic rings. The molecule has 0 unspecified atom stereocenters. The first kappa shape index (κ1) is 21.6. The maximum Gasteiger partial charge on any atom is 0.143 e. The molecule has 40 heavy (non-hydrogen) atoms. The molecule has 0 saturated carbocycles. The SMILES string of the molecule is c1ccc2c(-c3cccc4c3oc3ccccc34)c3cccc(-c4cccc5c4oc4ccccc45)c3cc2c1. The second kappa shape index (κ2) is 8.08. The van der Waals surface area contributed by atoms with Gasteiger partial charge in [-0.05, 0) is 45.3 Å². The van der Waals surface area contributed by atoms with E-state index in [2.05, 4.69) is 109 Å². The Morgan fingerprint density at radius 3 is 1.52 bits per heavy atom. The Morgan fingerprint density at radius 2 is 0.825 bits per heavy atom. The summed E-state index contributed by atoms with van der Waals surface area (Å²) in [5.74, 6) is 0. The molecule has 2 nitrogen and oxygen atoms in total. The molecule has 2 heteroatoms. The summed E-state index contributed by atoms with van der Waals surface area (Å²) in [5, 5.41) is 9.35. The van der Waals surface area contributed by atoms with E-state index in [1.165, 1.54) is 27.1 Å². The standard InChI is InChI=1S/C38H22O2/c1-2-11-24-23(10-1)22-33-25(29-16-8-17-30-26-12-3-5-20-34(26)39-37(29)30)14-7-15-28(33)36(24)32-19-9-18-31-27-13-4-6-21-35(27)40-38(31)32/h1-22H. The van der Waals surface area contributed by atoms with Crippen LogP contribution in [0.25, 0.3) is 87.7 Å². The van der Waals surface area contributed by atoms with Crippen molar-refractivity contribution >= 4 is 65.4 Å². The monoisotopic (exact) mass is 510 g/mol. The minimum atomic E-state index is 0.909. The Morgan fingerprint density at radius 1 is 0.325 bits per heavy atom. The minimum Gasteiger partial charge on any atom is -0.455 e. The van der Waals surface area contributed by atoms with E-state index >= 15 is 0 Å². The quantitative estimate of drug-likeness (QED) is 0.216. The fraction of sp³-hybridized carbons (Fsp3) is 0.